The molecular weight excluding hydrogens is 274 g/mol. The van der Waals surface area contributed by atoms with Crippen LogP contribution in [0.2, 0.25) is 0 Å². The number of hydrogen-bond donors (Lipinski definition) is 1. The average Bonchev–Trinajstić information content (AvgIpc) is 2.99. The van der Waals surface area contributed by atoms with Gasteiger partial charge >= 0.3 is 0 Å². The molecule has 3 rings (SSSR count). The van der Waals surface area contributed by atoms with Gasteiger partial charge in [-0.2, -0.15) is 0 Å². The van der Waals surface area contributed by atoms with Crippen LogP contribution >= 0.6 is 0 Å². The molecule has 0 fully saturated rings. The summed E-state index contributed by atoms with van der Waals surface area (Å²) in [5, 5.41) is 3.92. The minimum atomic E-state index is -0.191. The maximum Gasteiger partial charge on any atom is 0.287 e. The second-order valence-electron chi connectivity index (χ2n) is 5.44. The van der Waals surface area contributed by atoms with Crippen LogP contribution in [-0.2, 0) is 6.42 Å². The molecule has 0 spiro atoms. The van der Waals surface area contributed by atoms with Crippen LogP contribution in [0.3, 0.4) is 0 Å². The van der Waals surface area contributed by atoms with Gasteiger partial charge in [0.25, 0.3) is 5.91 Å². The SMILES string of the molecule is CCc1ccc(C(C)NC(=O)c2cc3ccccc3o2)cc1. The lowest BCUT2D eigenvalue weighted by Crippen LogP contribution is -2.26. The molecule has 3 nitrogen and oxygen atoms in total. The molecule has 0 radical (unpaired) electrons. The predicted molar refractivity (Wildman–Crippen MR) is 87.9 cm³/mol. The van der Waals surface area contributed by atoms with Crippen LogP contribution in [0.1, 0.15) is 41.6 Å². The highest BCUT2D eigenvalue weighted by molar-refractivity contribution is 5.96. The fourth-order valence-electron chi connectivity index (χ4n) is 2.49. The normalized spacial score (nSPS) is 12.3. The van der Waals surface area contributed by atoms with Gasteiger partial charge in [-0.15, -0.1) is 0 Å². The largest absolute Gasteiger partial charge is 0.451 e. The molecule has 1 heterocycles. The van der Waals surface area contributed by atoms with Gasteiger partial charge in [-0.25, -0.2) is 0 Å². The monoisotopic (exact) mass is 293 g/mol. The van der Waals surface area contributed by atoms with Crippen LogP contribution in [0.5, 0.6) is 0 Å². The molecule has 22 heavy (non-hydrogen) atoms. The third-order valence-corrected chi connectivity index (χ3v) is 3.88. The summed E-state index contributed by atoms with van der Waals surface area (Å²) < 4.78 is 5.59. The molecule has 0 saturated heterocycles. The molecule has 1 aromatic heterocycles. The Kier molecular flexibility index (Phi) is 3.96. The van der Waals surface area contributed by atoms with Crippen LogP contribution in [0.4, 0.5) is 0 Å². The Balaban J connectivity index is 1.74. The standard InChI is InChI=1S/C19H19NO2/c1-3-14-8-10-15(11-9-14)13(2)20-19(21)18-12-16-6-4-5-7-17(16)22-18/h4-13H,3H2,1-2H3,(H,20,21). The number of aryl methyl sites for hydroxylation is 1. The smallest absolute Gasteiger partial charge is 0.287 e. The van der Waals surface area contributed by atoms with E-state index >= 15 is 0 Å². The second-order valence-corrected chi connectivity index (χ2v) is 5.44. The molecule has 112 valence electrons. The van der Waals surface area contributed by atoms with Gasteiger partial charge in [-0.3, -0.25) is 4.79 Å². The van der Waals surface area contributed by atoms with Crippen molar-refractivity contribution >= 4 is 16.9 Å². The molecule has 0 aliphatic carbocycles. The molecule has 0 aliphatic rings. The first kappa shape index (κ1) is 14.4. The van der Waals surface area contributed by atoms with Gasteiger partial charge in [-0.1, -0.05) is 49.4 Å². The van der Waals surface area contributed by atoms with E-state index in [4.69, 9.17) is 4.42 Å². The lowest BCUT2D eigenvalue weighted by molar-refractivity contribution is 0.0914. The molecule has 1 unspecified atom stereocenters. The van der Waals surface area contributed by atoms with Gasteiger partial charge in [0, 0.05) is 5.39 Å². The molecule has 3 aromatic rings. The topological polar surface area (TPSA) is 42.2 Å². The fraction of sp³-hybridized carbons (Fsp3) is 0.211. The number of hydrogen-bond acceptors (Lipinski definition) is 2. The number of fused-ring (bicyclic) bond motifs is 1. The summed E-state index contributed by atoms with van der Waals surface area (Å²) >= 11 is 0. The summed E-state index contributed by atoms with van der Waals surface area (Å²) in [6, 6.07) is 17.6. The van der Waals surface area contributed by atoms with Crippen molar-refractivity contribution in [2.24, 2.45) is 0 Å². The van der Waals surface area contributed by atoms with Gasteiger partial charge in [0.1, 0.15) is 5.58 Å². The lowest BCUT2D eigenvalue weighted by Gasteiger charge is -2.13. The minimum absolute atomic E-state index is 0.0633. The highest BCUT2D eigenvalue weighted by Gasteiger charge is 2.15. The van der Waals surface area contributed by atoms with Crippen LogP contribution in [-0.4, -0.2) is 5.91 Å². The number of para-hydroxylation sites is 1. The van der Waals surface area contributed by atoms with Crippen molar-refractivity contribution < 1.29 is 9.21 Å². The number of nitrogens with one attached hydrogen (secondary N) is 1. The van der Waals surface area contributed by atoms with E-state index in [1.54, 1.807) is 6.07 Å². The van der Waals surface area contributed by atoms with Crippen LogP contribution < -0.4 is 5.32 Å². The molecule has 2 aromatic carbocycles. The number of rotatable bonds is 4. The molecule has 0 aliphatic heterocycles. The van der Waals surface area contributed by atoms with Crippen molar-refractivity contribution in [3.8, 4) is 0 Å². The highest BCUT2D eigenvalue weighted by atomic mass is 16.3. The Morgan fingerprint density at radius 1 is 1.14 bits per heavy atom. The number of furan rings is 1. The van der Waals surface area contributed by atoms with E-state index in [0.29, 0.717) is 5.76 Å². The maximum atomic E-state index is 12.3. The Bertz CT molecular complexity index is 754. The van der Waals surface area contributed by atoms with E-state index in [1.807, 2.05) is 31.2 Å². The van der Waals surface area contributed by atoms with E-state index in [9.17, 15) is 4.79 Å². The first-order valence-corrected chi connectivity index (χ1v) is 7.55. The van der Waals surface area contributed by atoms with Gasteiger partial charge in [0.05, 0.1) is 6.04 Å². The first-order valence-electron chi connectivity index (χ1n) is 7.55. The predicted octanol–water partition coefficient (Wildman–Crippen LogP) is 4.49. The van der Waals surface area contributed by atoms with Crippen molar-refractivity contribution in [1.82, 2.24) is 5.32 Å². The van der Waals surface area contributed by atoms with Gasteiger partial charge in [-0.05, 0) is 36.6 Å². The molecule has 0 bridgehead atoms. The Labute approximate surface area is 130 Å². The fourth-order valence-corrected chi connectivity index (χ4v) is 2.49. The minimum Gasteiger partial charge on any atom is -0.451 e. The Morgan fingerprint density at radius 2 is 1.86 bits per heavy atom. The Morgan fingerprint density at radius 3 is 2.55 bits per heavy atom. The summed E-state index contributed by atoms with van der Waals surface area (Å²) in [4.78, 5) is 12.3. The van der Waals surface area contributed by atoms with Gasteiger partial charge < -0.3 is 9.73 Å². The third-order valence-electron chi connectivity index (χ3n) is 3.88. The number of amides is 1. The van der Waals surface area contributed by atoms with Gasteiger partial charge in [0.2, 0.25) is 0 Å². The van der Waals surface area contributed by atoms with Crippen LogP contribution in [0.15, 0.2) is 59.0 Å². The second kappa shape index (κ2) is 6.06. The van der Waals surface area contributed by atoms with Crippen LogP contribution in [0.25, 0.3) is 11.0 Å². The molecule has 1 amide bonds. The number of benzene rings is 2. The Hall–Kier alpha value is -2.55. The lowest BCUT2D eigenvalue weighted by atomic mass is 10.0. The first-order chi connectivity index (χ1) is 10.7. The molecular formula is C19H19NO2. The summed E-state index contributed by atoms with van der Waals surface area (Å²) in [5.74, 6) is 0.154. The zero-order valence-corrected chi connectivity index (χ0v) is 12.8. The molecule has 3 heteroatoms. The summed E-state index contributed by atoms with van der Waals surface area (Å²) in [6.45, 7) is 4.10. The average molecular weight is 293 g/mol. The van der Waals surface area contributed by atoms with Crippen molar-refractivity contribution in [3.05, 3.63) is 71.5 Å². The number of carbonyl (C=O) groups excluding carboxylic acids is 1. The zero-order chi connectivity index (χ0) is 15.5. The zero-order valence-electron chi connectivity index (χ0n) is 12.8. The molecule has 1 atom stereocenters. The quantitative estimate of drug-likeness (QED) is 0.770. The van der Waals surface area contributed by atoms with E-state index in [1.165, 1.54) is 5.56 Å². The summed E-state index contributed by atoms with van der Waals surface area (Å²) in [6.07, 6.45) is 1.01. The van der Waals surface area contributed by atoms with E-state index < -0.39 is 0 Å². The van der Waals surface area contributed by atoms with E-state index in [0.717, 1.165) is 23.0 Å². The maximum absolute atomic E-state index is 12.3. The third kappa shape index (κ3) is 2.89. The van der Waals surface area contributed by atoms with E-state index in [-0.39, 0.29) is 11.9 Å². The number of carbonyl (C=O) groups is 1. The summed E-state index contributed by atoms with van der Waals surface area (Å²) in [5.41, 5.74) is 3.11. The van der Waals surface area contributed by atoms with Crippen molar-refractivity contribution in [2.45, 2.75) is 26.3 Å². The van der Waals surface area contributed by atoms with Crippen molar-refractivity contribution in [2.75, 3.05) is 0 Å². The van der Waals surface area contributed by atoms with Crippen molar-refractivity contribution in [1.29, 1.82) is 0 Å². The summed E-state index contributed by atoms with van der Waals surface area (Å²) in [7, 11) is 0. The van der Waals surface area contributed by atoms with Gasteiger partial charge in [0.15, 0.2) is 5.76 Å². The highest BCUT2D eigenvalue weighted by Crippen LogP contribution is 2.20. The molecule has 0 saturated carbocycles. The molecule has 1 N–H and O–H groups in total. The van der Waals surface area contributed by atoms with Crippen molar-refractivity contribution in [3.63, 3.8) is 0 Å². The van der Waals surface area contributed by atoms with Crippen LogP contribution in [0, 0.1) is 0 Å². The van der Waals surface area contributed by atoms with E-state index in [2.05, 4.69) is 36.5 Å².